The normalized spacial score (nSPS) is 13.1. The number of aliphatic hydroxyl groups is 1. The number of halogens is 2. The lowest BCUT2D eigenvalue weighted by Crippen LogP contribution is -2.24. The first-order chi connectivity index (χ1) is 7.45. The van der Waals surface area contributed by atoms with Gasteiger partial charge < -0.3 is 15.7 Å². The number of hydrogen-bond acceptors (Lipinski definition) is 3. The summed E-state index contributed by atoms with van der Waals surface area (Å²) in [5.74, 6) is 0. The third-order valence-corrected chi connectivity index (χ3v) is 3.14. The van der Waals surface area contributed by atoms with Gasteiger partial charge >= 0.3 is 0 Å². The van der Waals surface area contributed by atoms with Crippen LogP contribution in [-0.4, -0.2) is 30.1 Å². The summed E-state index contributed by atoms with van der Waals surface area (Å²) >= 11 is 11.8. The lowest BCUT2D eigenvalue weighted by Gasteiger charge is -2.19. The molecule has 1 aromatic rings. The summed E-state index contributed by atoms with van der Waals surface area (Å²) in [4.78, 5) is 2.00. The second kappa shape index (κ2) is 5.73. The van der Waals surface area contributed by atoms with Crippen molar-refractivity contribution in [3.63, 3.8) is 0 Å². The summed E-state index contributed by atoms with van der Waals surface area (Å²) in [6.45, 7) is 3.43. The van der Waals surface area contributed by atoms with Gasteiger partial charge in [-0.2, -0.15) is 0 Å². The molecule has 0 spiro atoms. The Labute approximate surface area is 106 Å². The standard InChI is InChI=1S/C11H16Cl2N2O/c1-3-15(2)6-10(16)7-4-8(12)11(14)9(13)5-7/h4-5,10,16H,3,6,14H2,1-2H3. The molecule has 1 aromatic carbocycles. The molecule has 0 radical (unpaired) electrons. The average molecular weight is 263 g/mol. The Morgan fingerprint density at radius 2 is 1.88 bits per heavy atom. The topological polar surface area (TPSA) is 49.5 Å². The van der Waals surface area contributed by atoms with Crippen molar-refractivity contribution in [3.05, 3.63) is 27.7 Å². The number of hydrogen-bond donors (Lipinski definition) is 2. The van der Waals surface area contributed by atoms with Gasteiger partial charge in [-0.15, -0.1) is 0 Å². The number of nitrogens with two attached hydrogens (primary N) is 1. The average Bonchev–Trinajstić information content (AvgIpc) is 2.24. The predicted octanol–water partition coefficient (Wildman–Crippen LogP) is 2.56. The Kier molecular flexibility index (Phi) is 4.87. The van der Waals surface area contributed by atoms with E-state index in [1.807, 2.05) is 18.9 Å². The number of aliphatic hydroxyl groups excluding tert-OH is 1. The van der Waals surface area contributed by atoms with Crippen molar-refractivity contribution >= 4 is 28.9 Å². The molecule has 0 aliphatic heterocycles. The van der Waals surface area contributed by atoms with E-state index in [9.17, 15) is 5.11 Å². The Hall–Kier alpha value is -0.480. The van der Waals surface area contributed by atoms with Gasteiger partial charge in [0, 0.05) is 6.54 Å². The van der Waals surface area contributed by atoms with E-state index in [1.54, 1.807) is 12.1 Å². The van der Waals surface area contributed by atoms with Crippen LogP contribution in [0.1, 0.15) is 18.6 Å². The number of nitrogens with zero attached hydrogens (tertiary/aromatic N) is 1. The molecule has 0 amide bonds. The molecule has 16 heavy (non-hydrogen) atoms. The number of likely N-dealkylation sites (N-methyl/N-ethyl adjacent to an activating group) is 1. The largest absolute Gasteiger partial charge is 0.396 e. The Morgan fingerprint density at radius 3 is 2.31 bits per heavy atom. The van der Waals surface area contributed by atoms with Crippen LogP contribution in [0, 0.1) is 0 Å². The first-order valence-corrected chi connectivity index (χ1v) is 5.82. The van der Waals surface area contributed by atoms with Gasteiger partial charge in [-0.25, -0.2) is 0 Å². The van der Waals surface area contributed by atoms with Crippen molar-refractivity contribution in [2.75, 3.05) is 25.9 Å². The van der Waals surface area contributed by atoms with Crippen molar-refractivity contribution in [1.29, 1.82) is 0 Å². The molecule has 90 valence electrons. The predicted molar refractivity (Wildman–Crippen MR) is 69.0 cm³/mol. The fraction of sp³-hybridized carbons (Fsp3) is 0.455. The maximum Gasteiger partial charge on any atom is 0.0917 e. The van der Waals surface area contributed by atoms with E-state index in [0.29, 0.717) is 27.8 Å². The van der Waals surface area contributed by atoms with Crippen molar-refractivity contribution in [1.82, 2.24) is 4.90 Å². The van der Waals surface area contributed by atoms with Crippen molar-refractivity contribution in [2.45, 2.75) is 13.0 Å². The number of benzene rings is 1. The highest BCUT2D eigenvalue weighted by Gasteiger charge is 2.13. The van der Waals surface area contributed by atoms with Crippen LogP contribution in [0.25, 0.3) is 0 Å². The van der Waals surface area contributed by atoms with E-state index >= 15 is 0 Å². The molecule has 1 unspecified atom stereocenters. The minimum absolute atomic E-state index is 0.350. The van der Waals surface area contributed by atoms with Gasteiger partial charge in [-0.1, -0.05) is 30.1 Å². The van der Waals surface area contributed by atoms with Crippen LogP contribution < -0.4 is 5.73 Å². The van der Waals surface area contributed by atoms with Gasteiger partial charge in [-0.05, 0) is 31.3 Å². The Balaban J connectivity index is 2.88. The van der Waals surface area contributed by atoms with Crippen LogP contribution in [0.3, 0.4) is 0 Å². The van der Waals surface area contributed by atoms with E-state index in [1.165, 1.54) is 0 Å². The van der Waals surface area contributed by atoms with Gasteiger partial charge in [-0.3, -0.25) is 0 Å². The quantitative estimate of drug-likeness (QED) is 0.821. The minimum atomic E-state index is -0.611. The van der Waals surface area contributed by atoms with Crippen molar-refractivity contribution < 1.29 is 5.11 Å². The monoisotopic (exact) mass is 262 g/mol. The molecule has 5 heteroatoms. The Morgan fingerprint density at radius 1 is 1.38 bits per heavy atom. The van der Waals surface area contributed by atoms with E-state index in [2.05, 4.69) is 0 Å². The van der Waals surface area contributed by atoms with Crippen LogP contribution in [-0.2, 0) is 0 Å². The highest BCUT2D eigenvalue weighted by atomic mass is 35.5. The van der Waals surface area contributed by atoms with Crippen LogP contribution >= 0.6 is 23.2 Å². The van der Waals surface area contributed by atoms with Gasteiger partial charge in [0.1, 0.15) is 0 Å². The molecule has 0 aliphatic rings. The second-order valence-corrected chi connectivity index (χ2v) is 4.58. The smallest absolute Gasteiger partial charge is 0.0917 e. The molecule has 0 heterocycles. The van der Waals surface area contributed by atoms with Crippen molar-refractivity contribution in [3.8, 4) is 0 Å². The van der Waals surface area contributed by atoms with Crippen LogP contribution in [0.15, 0.2) is 12.1 Å². The fourth-order valence-electron chi connectivity index (χ4n) is 1.33. The third-order valence-electron chi connectivity index (χ3n) is 2.51. The van der Waals surface area contributed by atoms with Gasteiger partial charge in [0.15, 0.2) is 0 Å². The molecule has 0 saturated carbocycles. The second-order valence-electron chi connectivity index (χ2n) is 3.77. The molecule has 0 saturated heterocycles. The highest BCUT2D eigenvalue weighted by Crippen LogP contribution is 2.31. The fourth-order valence-corrected chi connectivity index (χ4v) is 1.83. The molecule has 3 nitrogen and oxygen atoms in total. The molecule has 0 bridgehead atoms. The molecule has 1 atom stereocenters. The van der Waals surface area contributed by atoms with Crippen LogP contribution in [0.4, 0.5) is 5.69 Å². The van der Waals surface area contributed by atoms with E-state index in [4.69, 9.17) is 28.9 Å². The highest BCUT2D eigenvalue weighted by molar-refractivity contribution is 6.38. The summed E-state index contributed by atoms with van der Waals surface area (Å²) < 4.78 is 0. The zero-order valence-corrected chi connectivity index (χ0v) is 10.9. The summed E-state index contributed by atoms with van der Waals surface area (Å²) in [5.41, 5.74) is 6.66. The molecule has 0 fully saturated rings. The summed E-state index contributed by atoms with van der Waals surface area (Å²) in [5, 5.41) is 10.7. The zero-order chi connectivity index (χ0) is 12.3. The third kappa shape index (κ3) is 3.25. The van der Waals surface area contributed by atoms with E-state index in [0.717, 1.165) is 6.54 Å². The summed E-state index contributed by atoms with van der Waals surface area (Å²) in [6, 6.07) is 3.30. The number of nitrogen functional groups attached to an aromatic ring is 1. The first kappa shape index (κ1) is 13.6. The van der Waals surface area contributed by atoms with Crippen LogP contribution in [0.5, 0.6) is 0 Å². The van der Waals surface area contributed by atoms with Gasteiger partial charge in [0.05, 0.1) is 21.8 Å². The Bertz CT molecular complexity index is 348. The molecule has 0 aliphatic carbocycles. The SMILES string of the molecule is CCN(C)CC(O)c1cc(Cl)c(N)c(Cl)c1. The molecular formula is C11H16Cl2N2O. The number of anilines is 1. The zero-order valence-electron chi connectivity index (χ0n) is 9.37. The molecular weight excluding hydrogens is 247 g/mol. The molecule has 1 rings (SSSR count). The maximum atomic E-state index is 9.96. The summed E-state index contributed by atoms with van der Waals surface area (Å²) in [6.07, 6.45) is -0.611. The lowest BCUT2D eigenvalue weighted by molar-refractivity contribution is 0.129. The van der Waals surface area contributed by atoms with Crippen molar-refractivity contribution in [2.24, 2.45) is 0 Å². The van der Waals surface area contributed by atoms with Gasteiger partial charge in [0.2, 0.25) is 0 Å². The van der Waals surface area contributed by atoms with E-state index in [-0.39, 0.29) is 0 Å². The first-order valence-electron chi connectivity index (χ1n) is 5.06. The van der Waals surface area contributed by atoms with E-state index < -0.39 is 6.10 Å². The molecule has 3 N–H and O–H groups in total. The minimum Gasteiger partial charge on any atom is -0.396 e. The van der Waals surface area contributed by atoms with Gasteiger partial charge in [0.25, 0.3) is 0 Å². The molecule has 0 aromatic heterocycles. The maximum absolute atomic E-state index is 9.96. The number of rotatable bonds is 4. The van der Waals surface area contributed by atoms with Crippen LogP contribution in [0.2, 0.25) is 10.0 Å². The summed E-state index contributed by atoms with van der Waals surface area (Å²) in [7, 11) is 1.93. The lowest BCUT2D eigenvalue weighted by atomic mass is 10.1.